The number of aromatic nitrogens is 3. The zero-order chi connectivity index (χ0) is 21.8. The van der Waals surface area contributed by atoms with Gasteiger partial charge < -0.3 is 14.8 Å². The molecule has 31 heavy (non-hydrogen) atoms. The van der Waals surface area contributed by atoms with Gasteiger partial charge in [0, 0.05) is 16.8 Å². The van der Waals surface area contributed by atoms with E-state index in [4.69, 9.17) is 9.47 Å². The molecule has 0 spiro atoms. The van der Waals surface area contributed by atoms with E-state index in [1.54, 1.807) is 30.0 Å². The van der Waals surface area contributed by atoms with Gasteiger partial charge in [-0.2, -0.15) is 4.98 Å². The average Bonchev–Trinajstić information content (AvgIpc) is 3.24. The van der Waals surface area contributed by atoms with Crippen molar-refractivity contribution in [3.8, 4) is 28.8 Å². The Kier molecular flexibility index (Phi) is 5.61. The minimum Gasteiger partial charge on any atom is -0.497 e. The highest BCUT2D eigenvalue weighted by molar-refractivity contribution is 6.04. The van der Waals surface area contributed by atoms with E-state index < -0.39 is 5.82 Å². The van der Waals surface area contributed by atoms with E-state index in [0.29, 0.717) is 28.5 Å². The van der Waals surface area contributed by atoms with Crippen molar-refractivity contribution >= 4 is 11.6 Å². The van der Waals surface area contributed by atoms with Crippen LogP contribution in [0, 0.1) is 5.82 Å². The fourth-order valence-electron chi connectivity index (χ4n) is 3.03. The third-order valence-corrected chi connectivity index (χ3v) is 4.55. The molecule has 0 radical (unpaired) electrons. The van der Waals surface area contributed by atoms with E-state index in [0.717, 1.165) is 5.56 Å². The van der Waals surface area contributed by atoms with Crippen LogP contribution in [0.15, 0.2) is 72.8 Å². The summed E-state index contributed by atoms with van der Waals surface area (Å²) in [5, 5.41) is 7.22. The molecule has 0 aliphatic carbocycles. The van der Waals surface area contributed by atoms with Crippen molar-refractivity contribution < 1.29 is 18.7 Å². The second-order valence-electron chi connectivity index (χ2n) is 6.58. The van der Waals surface area contributed by atoms with Crippen LogP contribution in [0.5, 0.6) is 11.8 Å². The maximum absolute atomic E-state index is 13.1. The summed E-state index contributed by atoms with van der Waals surface area (Å²) < 4.78 is 25.3. The van der Waals surface area contributed by atoms with Gasteiger partial charge in [-0.05, 0) is 54.6 Å². The lowest BCUT2D eigenvalue weighted by atomic mass is 10.2. The van der Waals surface area contributed by atoms with E-state index in [2.05, 4.69) is 15.4 Å². The van der Waals surface area contributed by atoms with Gasteiger partial charge in [0.15, 0.2) is 5.82 Å². The van der Waals surface area contributed by atoms with Crippen LogP contribution in [-0.2, 0) is 0 Å². The third-order valence-electron chi connectivity index (χ3n) is 4.55. The predicted molar refractivity (Wildman–Crippen MR) is 114 cm³/mol. The van der Waals surface area contributed by atoms with Gasteiger partial charge in [-0.3, -0.25) is 4.79 Å². The zero-order valence-electron chi connectivity index (χ0n) is 16.9. The molecule has 0 bridgehead atoms. The van der Waals surface area contributed by atoms with Crippen molar-refractivity contribution in [2.24, 2.45) is 0 Å². The molecule has 0 aliphatic rings. The molecule has 0 aliphatic heterocycles. The second kappa shape index (κ2) is 8.66. The van der Waals surface area contributed by atoms with E-state index >= 15 is 0 Å². The van der Waals surface area contributed by atoms with E-state index in [9.17, 15) is 9.18 Å². The highest BCUT2D eigenvalue weighted by Gasteiger charge is 2.16. The molecule has 0 saturated carbocycles. The van der Waals surface area contributed by atoms with Crippen molar-refractivity contribution in [2.75, 3.05) is 19.5 Å². The zero-order valence-corrected chi connectivity index (χ0v) is 16.9. The molecule has 1 aromatic heterocycles. The molecule has 1 heterocycles. The van der Waals surface area contributed by atoms with Crippen molar-refractivity contribution in [1.82, 2.24) is 14.8 Å². The first-order valence-corrected chi connectivity index (χ1v) is 9.40. The molecule has 8 heteroatoms. The van der Waals surface area contributed by atoms with Crippen LogP contribution in [0.2, 0.25) is 0 Å². The highest BCUT2D eigenvalue weighted by atomic mass is 19.1. The summed E-state index contributed by atoms with van der Waals surface area (Å²) in [5.74, 6) is 0.495. The fourth-order valence-corrected chi connectivity index (χ4v) is 3.03. The van der Waals surface area contributed by atoms with Crippen molar-refractivity contribution in [1.29, 1.82) is 0 Å². The molecule has 4 rings (SSSR count). The second-order valence-corrected chi connectivity index (χ2v) is 6.58. The minimum absolute atomic E-state index is 0.207. The number of hydrogen-bond acceptors (Lipinski definition) is 5. The number of amides is 1. The molecule has 4 aromatic rings. The van der Waals surface area contributed by atoms with Crippen LogP contribution in [0.1, 0.15) is 10.4 Å². The molecular formula is C23H19FN4O3. The summed E-state index contributed by atoms with van der Waals surface area (Å²) in [6, 6.07) is 20.1. The summed E-state index contributed by atoms with van der Waals surface area (Å²) in [6.45, 7) is 0. The van der Waals surface area contributed by atoms with E-state index in [1.165, 1.54) is 31.4 Å². The number of methoxy groups -OCH3 is 2. The van der Waals surface area contributed by atoms with Gasteiger partial charge in [-0.15, -0.1) is 5.10 Å². The number of nitrogens with zero attached hydrogens (tertiary/aromatic N) is 3. The van der Waals surface area contributed by atoms with Crippen LogP contribution in [0.4, 0.5) is 10.1 Å². The Balaban J connectivity index is 1.68. The van der Waals surface area contributed by atoms with Gasteiger partial charge in [0.25, 0.3) is 5.91 Å². The normalized spacial score (nSPS) is 10.5. The van der Waals surface area contributed by atoms with Gasteiger partial charge in [0.1, 0.15) is 11.6 Å². The lowest BCUT2D eigenvalue weighted by Gasteiger charge is -2.10. The number of anilines is 1. The number of hydrogen-bond donors (Lipinski definition) is 1. The van der Waals surface area contributed by atoms with Gasteiger partial charge in [-0.1, -0.05) is 18.2 Å². The summed E-state index contributed by atoms with van der Waals surface area (Å²) >= 11 is 0. The molecule has 0 atom stereocenters. The van der Waals surface area contributed by atoms with Crippen molar-refractivity contribution in [3.05, 3.63) is 84.2 Å². The Bertz CT molecular complexity index is 1220. The molecule has 7 nitrogen and oxygen atoms in total. The summed E-state index contributed by atoms with van der Waals surface area (Å²) in [7, 11) is 3.09. The third kappa shape index (κ3) is 4.37. The van der Waals surface area contributed by atoms with Gasteiger partial charge >= 0.3 is 6.01 Å². The van der Waals surface area contributed by atoms with Crippen LogP contribution in [-0.4, -0.2) is 34.9 Å². The van der Waals surface area contributed by atoms with Crippen LogP contribution < -0.4 is 14.8 Å². The number of rotatable bonds is 6. The SMILES string of the molecule is COc1cccc(-c2nc(OC)nn2-c2cccc(NC(=O)c3ccc(F)cc3)c2)c1. The fraction of sp³-hybridized carbons (Fsp3) is 0.0870. The molecule has 0 fully saturated rings. The minimum atomic E-state index is -0.399. The predicted octanol–water partition coefficient (Wildman–Crippen LogP) is 4.34. The molecule has 1 amide bonds. The van der Waals surface area contributed by atoms with E-state index in [-0.39, 0.29) is 11.9 Å². The van der Waals surface area contributed by atoms with Gasteiger partial charge in [0.05, 0.1) is 19.9 Å². The first kappa shape index (κ1) is 20.1. The monoisotopic (exact) mass is 418 g/mol. The Morgan fingerprint density at radius 3 is 2.48 bits per heavy atom. The standard InChI is InChI=1S/C23H19FN4O3/c1-30-20-8-3-5-16(13-20)21-26-23(31-2)27-28(21)19-7-4-6-18(14-19)25-22(29)15-9-11-17(24)12-10-15/h3-14H,1-2H3,(H,25,29). The Morgan fingerprint density at radius 2 is 1.74 bits per heavy atom. The Morgan fingerprint density at radius 1 is 0.968 bits per heavy atom. The van der Waals surface area contributed by atoms with Crippen molar-refractivity contribution in [3.63, 3.8) is 0 Å². The summed E-state index contributed by atoms with van der Waals surface area (Å²) in [5.41, 5.74) is 2.37. The van der Waals surface area contributed by atoms with Gasteiger partial charge in [-0.25, -0.2) is 9.07 Å². The topological polar surface area (TPSA) is 78.3 Å². The number of ether oxygens (including phenoxy) is 2. The highest BCUT2D eigenvalue weighted by Crippen LogP contribution is 2.27. The number of halogens is 1. The Hall–Kier alpha value is -4.20. The number of carbonyl (C=O) groups is 1. The van der Waals surface area contributed by atoms with Crippen LogP contribution in [0.3, 0.4) is 0 Å². The number of carbonyl (C=O) groups excluding carboxylic acids is 1. The summed E-state index contributed by atoms with van der Waals surface area (Å²) in [4.78, 5) is 16.9. The Labute approximate surface area is 178 Å². The molecule has 0 unspecified atom stereocenters. The first-order chi connectivity index (χ1) is 15.1. The average molecular weight is 418 g/mol. The summed E-state index contributed by atoms with van der Waals surface area (Å²) in [6.07, 6.45) is 0. The lowest BCUT2D eigenvalue weighted by molar-refractivity contribution is 0.102. The molecule has 156 valence electrons. The molecule has 0 saturated heterocycles. The first-order valence-electron chi connectivity index (χ1n) is 9.40. The van der Waals surface area contributed by atoms with E-state index in [1.807, 2.05) is 30.3 Å². The van der Waals surface area contributed by atoms with Crippen LogP contribution in [0.25, 0.3) is 17.1 Å². The molecular weight excluding hydrogens is 399 g/mol. The largest absolute Gasteiger partial charge is 0.497 e. The molecule has 1 N–H and O–H groups in total. The van der Waals surface area contributed by atoms with Crippen LogP contribution >= 0.6 is 0 Å². The smallest absolute Gasteiger partial charge is 0.336 e. The number of benzene rings is 3. The lowest BCUT2D eigenvalue weighted by Crippen LogP contribution is -2.12. The van der Waals surface area contributed by atoms with Gasteiger partial charge in [0.2, 0.25) is 0 Å². The maximum Gasteiger partial charge on any atom is 0.336 e. The van der Waals surface area contributed by atoms with Crippen molar-refractivity contribution in [2.45, 2.75) is 0 Å². The molecule has 3 aromatic carbocycles. The maximum atomic E-state index is 13.1. The quantitative estimate of drug-likeness (QED) is 0.504. The number of nitrogens with one attached hydrogen (secondary N) is 1.